The first-order valence-electron chi connectivity index (χ1n) is 9.37. The van der Waals surface area contributed by atoms with Gasteiger partial charge < -0.3 is 10.1 Å². The summed E-state index contributed by atoms with van der Waals surface area (Å²) in [6.07, 6.45) is 5.91. The lowest BCUT2D eigenvalue weighted by Crippen LogP contribution is -2.41. The predicted molar refractivity (Wildman–Crippen MR) is 114 cm³/mol. The van der Waals surface area contributed by atoms with E-state index in [9.17, 15) is 13.2 Å². The first-order valence-corrected chi connectivity index (χ1v) is 11.2. The van der Waals surface area contributed by atoms with E-state index in [4.69, 9.17) is 11.2 Å². The molecule has 3 rings (SSSR count). The van der Waals surface area contributed by atoms with Crippen molar-refractivity contribution in [3.8, 4) is 23.8 Å². The highest BCUT2D eigenvalue weighted by atomic mass is 32.2. The summed E-state index contributed by atoms with van der Waals surface area (Å²) in [5.41, 5.74) is 1.67. The molecule has 0 spiro atoms. The first-order chi connectivity index (χ1) is 13.9. The van der Waals surface area contributed by atoms with Crippen LogP contribution in [-0.2, 0) is 14.6 Å². The second kappa shape index (κ2) is 9.12. The molecule has 0 aliphatic carbocycles. The molecule has 1 heterocycles. The molecule has 2 aromatic carbocycles. The number of carbonyl (C=O) groups is 1. The molecule has 7 heteroatoms. The van der Waals surface area contributed by atoms with Crippen LogP contribution < -0.4 is 10.1 Å². The van der Waals surface area contributed by atoms with Gasteiger partial charge in [-0.3, -0.25) is 9.69 Å². The lowest BCUT2D eigenvalue weighted by Gasteiger charge is -2.25. The van der Waals surface area contributed by atoms with Crippen molar-refractivity contribution < 1.29 is 17.9 Å². The Morgan fingerprint density at radius 3 is 2.62 bits per heavy atom. The van der Waals surface area contributed by atoms with Crippen LogP contribution in [0.3, 0.4) is 0 Å². The Hall–Kier alpha value is -2.82. The molecular formula is C22H24N2O4S. The van der Waals surface area contributed by atoms with Crippen molar-refractivity contribution in [2.45, 2.75) is 19.4 Å². The van der Waals surface area contributed by atoms with E-state index in [0.29, 0.717) is 23.6 Å². The molecular weight excluding hydrogens is 388 g/mol. The van der Waals surface area contributed by atoms with Crippen LogP contribution in [0.4, 0.5) is 5.69 Å². The minimum Gasteiger partial charge on any atom is -0.455 e. The Bertz CT molecular complexity index is 1010. The average molecular weight is 413 g/mol. The zero-order chi connectivity index (χ0) is 20.9. The van der Waals surface area contributed by atoms with Gasteiger partial charge in [0, 0.05) is 6.04 Å². The number of amides is 1. The number of ether oxygens (including phenoxy) is 1. The van der Waals surface area contributed by atoms with E-state index in [0.717, 1.165) is 5.56 Å². The largest absolute Gasteiger partial charge is 0.455 e. The van der Waals surface area contributed by atoms with E-state index in [-0.39, 0.29) is 36.5 Å². The molecule has 29 heavy (non-hydrogen) atoms. The molecule has 1 N–H and O–H groups in total. The van der Waals surface area contributed by atoms with Crippen LogP contribution in [0.2, 0.25) is 0 Å². The molecule has 0 bridgehead atoms. The van der Waals surface area contributed by atoms with Gasteiger partial charge in [-0.1, -0.05) is 35.7 Å². The van der Waals surface area contributed by atoms with Crippen LogP contribution in [0.5, 0.6) is 11.5 Å². The molecule has 0 radical (unpaired) electrons. The summed E-state index contributed by atoms with van der Waals surface area (Å²) in [6, 6.07) is 14.6. The van der Waals surface area contributed by atoms with Gasteiger partial charge in [-0.15, -0.1) is 6.42 Å². The molecule has 6 nitrogen and oxygen atoms in total. The maximum atomic E-state index is 12.6. The number of nitrogens with one attached hydrogen (secondary N) is 1. The minimum atomic E-state index is -3.06. The first kappa shape index (κ1) is 20.9. The summed E-state index contributed by atoms with van der Waals surface area (Å²) >= 11 is 0. The van der Waals surface area contributed by atoms with E-state index in [1.54, 1.807) is 23.1 Å². The fraction of sp³-hybridized carbons (Fsp3) is 0.318. The second-order valence-corrected chi connectivity index (χ2v) is 9.35. The van der Waals surface area contributed by atoms with E-state index in [1.807, 2.05) is 37.3 Å². The normalized spacial score (nSPS) is 17.6. The highest BCUT2D eigenvalue weighted by Gasteiger charge is 2.32. The molecule has 1 saturated heterocycles. The van der Waals surface area contributed by atoms with E-state index in [2.05, 4.69) is 11.2 Å². The number of benzene rings is 2. The molecule has 0 saturated carbocycles. The van der Waals surface area contributed by atoms with Gasteiger partial charge in [0.2, 0.25) is 5.91 Å². The topological polar surface area (TPSA) is 75.7 Å². The number of carbonyl (C=O) groups excluding carboxylic acids is 1. The zero-order valence-electron chi connectivity index (χ0n) is 16.3. The average Bonchev–Trinajstić information content (AvgIpc) is 3.04. The smallest absolute Gasteiger partial charge is 0.238 e. The van der Waals surface area contributed by atoms with Crippen molar-refractivity contribution in [1.82, 2.24) is 4.90 Å². The minimum absolute atomic E-state index is 0.0171. The van der Waals surface area contributed by atoms with Gasteiger partial charge in [0.15, 0.2) is 15.6 Å². The van der Waals surface area contributed by atoms with Gasteiger partial charge >= 0.3 is 0 Å². The summed E-state index contributed by atoms with van der Waals surface area (Å²) in [6.45, 7) is 2.23. The maximum absolute atomic E-state index is 12.6. The highest BCUT2D eigenvalue weighted by molar-refractivity contribution is 7.91. The van der Waals surface area contributed by atoms with Crippen LogP contribution in [0.25, 0.3) is 0 Å². The number of rotatable bonds is 7. The Labute approximate surface area is 171 Å². The van der Waals surface area contributed by atoms with Crippen LogP contribution in [0.1, 0.15) is 12.0 Å². The Morgan fingerprint density at radius 2 is 1.97 bits per heavy atom. The number of hydrogen-bond donors (Lipinski definition) is 1. The van der Waals surface area contributed by atoms with Crippen molar-refractivity contribution in [3.63, 3.8) is 0 Å². The maximum Gasteiger partial charge on any atom is 0.238 e. The third-order valence-corrected chi connectivity index (χ3v) is 6.53. The van der Waals surface area contributed by atoms with E-state index < -0.39 is 9.84 Å². The quantitative estimate of drug-likeness (QED) is 0.708. The van der Waals surface area contributed by atoms with Gasteiger partial charge in [-0.05, 0) is 37.6 Å². The Balaban J connectivity index is 1.68. The number of terminal acetylenes is 1. The summed E-state index contributed by atoms with van der Waals surface area (Å²) < 4.78 is 29.4. The lowest BCUT2D eigenvalue weighted by atomic mass is 10.2. The number of nitrogens with zero attached hydrogens (tertiary/aromatic N) is 1. The highest BCUT2D eigenvalue weighted by Crippen LogP contribution is 2.29. The summed E-state index contributed by atoms with van der Waals surface area (Å²) in [5, 5.41) is 2.85. The standard InChI is InChI=1S/C22H24N2O4S/c1-3-13-24(18-12-14-29(26,27)16-18)15-22(25)23-20-6-4-5-7-21(20)28-19-10-8-17(2)9-11-19/h1,4-11,18H,12-16H2,2H3,(H,23,25). The number of hydrogen-bond acceptors (Lipinski definition) is 5. The number of para-hydroxylation sites is 2. The molecule has 1 fully saturated rings. The van der Waals surface area contributed by atoms with Crippen LogP contribution in [0.15, 0.2) is 48.5 Å². The Kier molecular flexibility index (Phi) is 6.57. The molecule has 1 amide bonds. The lowest BCUT2D eigenvalue weighted by molar-refractivity contribution is -0.117. The van der Waals surface area contributed by atoms with E-state index in [1.165, 1.54) is 0 Å². The summed E-state index contributed by atoms with van der Waals surface area (Å²) in [7, 11) is -3.06. The van der Waals surface area contributed by atoms with Gasteiger partial charge in [-0.25, -0.2) is 8.42 Å². The molecule has 1 aliphatic heterocycles. The molecule has 0 aromatic heterocycles. The van der Waals surface area contributed by atoms with Crippen molar-refractivity contribution >= 4 is 21.4 Å². The van der Waals surface area contributed by atoms with Gasteiger partial charge in [-0.2, -0.15) is 0 Å². The number of aryl methyl sites for hydroxylation is 1. The van der Waals surface area contributed by atoms with Crippen molar-refractivity contribution in [2.24, 2.45) is 0 Å². The SMILES string of the molecule is C#CCN(CC(=O)Nc1ccccc1Oc1ccc(C)cc1)C1CCS(=O)(=O)C1. The van der Waals surface area contributed by atoms with Crippen LogP contribution in [-0.4, -0.2) is 49.9 Å². The molecule has 1 aliphatic rings. The Morgan fingerprint density at radius 1 is 1.24 bits per heavy atom. The van der Waals surface area contributed by atoms with E-state index >= 15 is 0 Å². The van der Waals surface area contributed by atoms with Gasteiger partial charge in [0.1, 0.15) is 5.75 Å². The van der Waals surface area contributed by atoms with Crippen molar-refractivity contribution in [3.05, 3.63) is 54.1 Å². The molecule has 1 atom stereocenters. The fourth-order valence-corrected chi connectivity index (χ4v) is 5.02. The predicted octanol–water partition coefficient (Wildman–Crippen LogP) is 2.85. The summed E-state index contributed by atoms with van der Waals surface area (Å²) in [4.78, 5) is 14.4. The fourth-order valence-electron chi connectivity index (χ4n) is 3.26. The number of sulfone groups is 1. The molecule has 2 aromatic rings. The van der Waals surface area contributed by atoms with Gasteiger partial charge in [0.05, 0.1) is 30.3 Å². The summed E-state index contributed by atoms with van der Waals surface area (Å²) in [5.74, 6) is 3.61. The van der Waals surface area contributed by atoms with Crippen molar-refractivity contribution in [2.75, 3.05) is 29.9 Å². The number of anilines is 1. The molecule has 152 valence electrons. The zero-order valence-corrected chi connectivity index (χ0v) is 17.1. The van der Waals surface area contributed by atoms with Gasteiger partial charge in [0.25, 0.3) is 0 Å². The molecule has 1 unspecified atom stereocenters. The third kappa shape index (κ3) is 5.83. The second-order valence-electron chi connectivity index (χ2n) is 7.13. The monoisotopic (exact) mass is 412 g/mol. The van der Waals surface area contributed by atoms with Crippen LogP contribution >= 0.6 is 0 Å². The third-order valence-electron chi connectivity index (χ3n) is 4.78. The van der Waals surface area contributed by atoms with Crippen molar-refractivity contribution in [1.29, 1.82) is 0 Å². The van der Waals surface area contributed by atoms with Crippen LogP contribution in [0, 0.1) is 19.3 Å².